The van der Waals surface area contributed by atoms with Crippen molar-refractivity contribution < 1.29 is 14.3 Å². The normalized spacial score (nSPS) is 14.3. The van der Waals surface area contributed by atoms with Crippen LogP contribution in [0.2, 0.25) is 5.02 Å². The van der Waals surface area contributed by atoms with Crippen LogP contribution in [0.15, 0.2) is 48.2 Å². The number of nitrogens with zero attached hydrogens (tertiary/aromatic N) is 1. The molecule has 1 heterocycles. The number of imide groups is 1. The molecule has 1 aliphatic heterocycles. The molecule has 5 nitrogen and oxygen atoms in total. The molecular weight excluding hydrogens is 340 g/mol. The van der Waals surface area contributed by atoms with E-state index in [1.165, 1.54) is 7.05 Å². The van der Waals surface area contributed by atoms with Gasteiger partial charge in [0.15, 0.2) is 0 Å². The fourth-order valence-corrected chi connectivity index (χ4v) is 2.78. The Morgan fingerprint density at radius 2 is 1.72 bits per heavy atom. The maximum absolute atomic E-state index is 12.5. The van der Waals surface area contributed by atoms with Gasteiger partial charge in [0.1, 0.15) is 11.4 Å². The predicted molar refractivity (Wildman–Crippen MR) is 97.5 cm³/mol. The second-order valence-electron chi connectivity index (χ2n) is 5.74. The number of rotatable bonds is 4. The van der Waals surface area contributed by atoms with Crippen LogP contribution in [0.25, 0.3) is 5.57 Å². The summed E-state index contributed by atoms with van der Waals surface area (Å²) < 4.78 is 5.14. The quantitative estimate of drug-likeness (QED) is 0.852. The topological polar surface area (TPSA) is 58.6 Å². The van der Waals surface area contributed by atoms with Crippen molar-refractivity contribution in [2.24, 2.45) is 0 Å². The number of ether oxygens (including phenoxy) is 1. The lowest BCUT2D eigenvalue weighted by atomic mass is 10.0. The van der Waals surface area contributed by atoms with Crippen LogP contribution in [0, 0.1) is 6.92 Å². The van der Waals surface area contributed by atoms with E-state index < -0.39 is 0 Å². The van der Waals surface area contributed by atoms with Gasteiger partial charge in [-0.2, -0.15) is 0 Å². The van der Waals surface area contributed by atoms with Gasteiger partial charge in [0, 0.05) is 17.8 Å². The number of likely N-dealkylation sites (N-methyl/N-ethyl adjacent to an activating group) is 1. The second kappa shape index (κ2) is 6.61. The molecule has 2 aromatic rings. The molecule has 0 aliphatic carbocycles. The van der Waals surface area contributed by atoms with Crippen molar-refractivity contribution in [1.29, 1.82) is 0 Å². The summed E-state index contributed by atoms with van der Waals surface area (Å²) >= 11 is 6.15. The van der Waals surface area contributed by atoms with Crippen LogP contribution in [0.4, 0.5) is 5.69 Å². The first-order valence-corrected chi connectivity index (χ1v) is 8.04. The Balaban J connectivity index is 2.05. The maximum Gasteiger partial charge on any atom is 0.277 e. The number of amides is 2. The number of aryl methyl sites for hydroxylation is 1. The number of carbonyl (C=O) groups is 2. The highest BCUT2D eigenvalue weighted by molar-refractivity contribution is 6.36. The summed E-state index contributed by atoms with van der Waals surface area (Å²) in [5.74, 6) is -0.0577. The Bertz CT molecular complexity index is 888. The van der Waals surface area contributed by atoms with Gasteiger partial charge in [-0.05, 0) is 42.3 Å². The number of carbonyl (C=O) groups excluding carboxylic acids is 2. The Morgan fingerprint density at radius 3 is 2.32 bits per heavy atom. The highest BCUT2D eigenvalue weighted by Crippen LogP contribution is 2.31. The third kappa shape index (κ3) is 3.10. The summed E-state index contributed by atoms with van der Waals surface area (Å²) in [7, 11) is 3.03. The molecule has 0 unspecified atom stereocenters. The Kier molecular flexibility index (Phi) is 4.51. The molecule has 0 aromatic heterocycles. The summed E-state index contributed by atoms with van der Waals surface area (Å²) in [5.41, 5.74) is 2.78. The van der Waals surface area contributed by atoms with Crippen molar-refractivity contribution in [2.75, 3.05) is 19.5 Å². The highest BCUT2D eigenvalue weighted by atomic mass is 35.5. The van der Waals surface area contributed by atoms with Crippen LogP contribution in [0.5, 0.6) is 5.75 Å². The van der Waals surface area contributed by atoms with Gasteiger partial charge >= 0.3 is 0 Å². The average molecular weight is 357 g/mol. The van der Waals surface area contributed by atoms with E-state index in [1.54, 1.807) is 37.4 Å². The largest absolute Gasteiger partial charge is 0.497 e. The van der Waals surface area contributed by atoms with Crippen LogP contribution < -0.4 is 10.1 Å². The van der Waals surface area contributed by atoms with E-state index in [2.05, 4.69) is 5.32 Å². The first kappa shape index (κ1) is 17.0. The van der Waals surface area contributed by atoms with Gasteiger partial charge in [0.2, 0.25) is 0 Å². The molecule has 0 saturated heterocycles. The minimum atomic E-state index is -0.382. The maximum atomic E-state index is 12.5. The van der Waals surface area contributed by atoms with Crippen LogP contribution >= 0.6 is 11.6 Å². The smallest absolute Gasteiger partial charge is 0.277 e. The molecule has 1 aliphatic rings. The van der Waals surface area contributed by atoms with Gasteiger partial charge in [-0.1, -0.05) is 29.8 Å². The van der Waals surface area contributed by atoms with Crippen molar-refractivity contribution in [2.45, 2.75) is 6.92 Å². The Morgan fingerprint density at radius 1 is 1.04 bits per heavy atom. The van der Waals surface area contributed by atoms with E-state index in [0.29, 0.717) is 27.6 Å². The molecular formula is C19H17ClN2O3. The fourth-order valence-electron chi connectivity index (χ4n) is 2.60. The molecule has 0 radical (unpaired) electrons. The average Bonchev–Trinajstić information content (AvgIpc) is 2.82. The third-order valence-corrected chi connectivity index (χ3v) is 4.51. The van der Waals surface area contributed by atoms with E-state index in [4.69, 9.17) is 16.3 Å². The van der Waals surface area contributed by atoms with Crippen molar-refractivity contribution in [3.8, 4) is 5.75 Å². The number of hydrogen-bond acceptors (Lipinski definition) is 4. The SMILES string of the molecule is COc1ccc(C2=C(Nc3ccc(C)c(Cl)c3)C(=O)N(C)C2=O)cc1. The minimum absolute atomic E-state index is 0.234. The first-order chi connectivity index (χ1) is 11.9. The zero-order valence-electron chi connectivity index (χ0n) is 14.1. The predicted octanol–water partition coefficient (Wildman–Crippen LogP) is 3.48. The summed E-state index contributed by atoms with van der Waals surface area (Å²) in [5, 5.41) is 3.63. The number of methoxy groups -OCH3 is 1. The molecule has 0 bridgehead atoms. The highest BCUT2D eigenvalue weighted by Gasteiger charge is 2.36. The molecule has 0 saturated carbocycles. The van der Waals surface area contributed by atoms with Gasteiger partial charge in [-0.15, -0.1) is 0 Å². The van der Waals surface area contributed by atoms with Crippen LogP contribution in [-0.2, 0) is 9.59 Å². The number of nitrogens with one attached hydrogen (secondary N) is 1. The second-order valence-corrected chi connectivity index (χ2v) is 6.14. The first-order valence-electron chi connectivity index (χ1n) is 7.66. The van der Waals surface area contributed by atoms with Crippen molar-refractivity contribution >= 4 is 34.7 Å². The molecule has 128 valence electrons. The van der Waals surface area contributed by atoms with Crippen molar-refractivity contribution in [3.05, 3.63) is 64.3 Å². The molecule has 6 heteroatoms. The van der Waals surface area contributed by atoms with E-state index in [1.807, 2.05) is 19.1 Å². The van der Waals surface area contributed by atoms with Gasteiger partial charge in [-0.25, -0.2) is 0 Å². The van der Waals surface area contributed by atoms with Crippen LogP contribution in [0.3, 0.4) is 0 Å². The van der Waals surface area contributed by atoms with Crippen molar-refractivity contribution in [1.82, 2.24) is 4.90 Å². The summed E-state index contributed by atoms with van der Waals surface area (Å²) in [6.45, 7) is 1.90. The molecule has 0 spiro atoms. The van der Waals surface area contributed by atoms with Crippen LogP contribution in [0.1, 0.15) is 11.1 Å². The summed E-state index contributed by atoms with van der Waals surface area (Å²) in [6, 6.07) is 12.4. The third-order valence-electron chi connectivity index (χ3n) is 4.11. The Hall–Kier alpha value is -2.79. The van der Waals surface area contributed by atoms with E-state index in [9.17, 15) is 9.59 Å². The lowest BCUT2D eigenvalue weighted by Crippen LogP contribution is -2.27. The van der Waals surface area contributed by atoms with E-state index in [0.717, 1.165) is 10.5 Å². The van der Waals surface area contributed by atoms with Gasteiger partial charge < -0.3 is 10.1 Å². The minimum Gasteiger partial charge on any atom is -0.497 e. The Labute approximate surface area is 150 Å². The number of benzene rings is 2. The van der Waals surface area contributed by atoms with E-state index in [-0.39, 0.29) is 17.5 Å². The summed E-state index contributed by atoms with van der Waals surface area (Å²) in [6.07, 6.45) is 0. The summed E-state index contributed by atoms with van der Waals surface area (Å²) in [4.78, 5) is 26.1. The molecule has 25 heavy (non-hydrogen) atoms. The van der Waals surface area contributed by atoms with Gasteiger partial charge in [0.25, 0.3) is 11.8 Å². The molecule has 0 fully saturated rings. The standard InChI is InChI=1S/C19H17ClN2O3/c1-11-4-7-13(10-15(11)20)21-17-16(18(23)22(2)19(17)24)12-5-8-14(25-3)9-6-12/h4-10,21H,1-3H3. The zero-order valence-corrected chi connectivity index (χ0v) is 14.8. The number of anilines is 1. The van der Waals surface area contributed by atoms with Crippen molar-refractivity contribution in [3.63, 3.8) is 0 Å². The van der Waals surface area contributed by atoms with Crippen LogP contribution in [-0.4, -0.2) is 30.9 Å². The molecule has 3 rings (SSSR count). The lowest BCUT2D eigenvalue weighted by molar-refractivity contribution is -0.135. The molecule has 1 N–H and O–H groups in total. The van der Waals surface area contributed by atoms with Gasteiger partial charge in [0.05, 0.1) is 12.7 Å². The number of halogens is 1. The van der Waals surface area contributed by atoms with E-state index >= 15 is 0 Å². The fraction of sp³-hybridized carbons (Fsp3) is 0.158. The lowest BCUT2D eigenvalue weighted by Gasteiger charge is -2.10. The molecule has 0 atom stereocenters. The molecule has 2 aromatic carbocycles. The zero-order chi connectivity index (χ0) is 18.1. The number of hydrogen-bond donors (Lipinski definition) is 1. The molecule has 2 amide bonds. The van der Waals surface area contributed by atoms with Gasteiger partial charge in [-0.3, -0.25) is 14.5 Å². The monoisotopic (exact) mass is 356 g/mol.